The number of hydrogen-bond acceptors (Lipinski definition) is 1. The van der Waals surface area contributed by atoms with Crippen molar-refractivity contribution < 1.29 is 0 Å². The molecule has 1 heteroatoms. The Kier molecular flexibility index (Phi) is 4.46. The van der Waals surface area contributed by atoms with Gasteiger partial charge >= 0.3 is 0 Å². The highest BCUT2D eigenvalue weighted by Crippen LogP contribution is 2.23. The van der Waals surface area contributed by atoms with Crippen LogP contribution in [-0.4, -0.2) is 18.0 Å². The molecule has 0 bridgehead atoms. The third-order valence-electron chi connectivity index (χ3n) is 4.05. The summed E-state index contributed by atoms with van der Waals surface area (Å²) in [5, 5.41) is 0. The summed E-state index contributed by atoms with van der Waals surface area (Å²) in [5.41, 5.74) is 5.36. The van der Waals surface area contributed by atoms with Crippen molar-refractivity contribution in [3.63, 3.8) is 0 Å². The third-order valence-corrected chi connectivity index (χ3v) is 4.05. The molecule has 1 aromatic carbocycles. The molecule has 0 aliphatic carbocycles. The average molecular weight is 243 g/mol. The molecule has 0 aromatic heterocycles. The number of hydrogen-bond donors (Lipinski definition) is 0. The molecule has 1 aliphatic heterocycles. The van der Waals surface area contributed by atoms with Crippen LogP contribution in [0.15, 0.2) is 24.8 Å². The van der Waals surface area contributed by atoms with Crippen LogP contribution in [0.2, 0.25) is 0 Å². The average Bonchev–Trinajstić information content (AvgIpc) is 2.67. The van der Waals surface area contributed by atoms with Gasteiger partial charge in [0.2, 0.25) is 0 Å². The van der Waals surface area contributed by atoms with Crippen LogP contribution in [-0.2, 0) is 6.42 Å². The first kappa shape index (κ1) is 13.2. The highest BCUT2D eigenvalue weighted by Gasteiger charge is 2.12. The van der Waals surface area contributed by atoms with Crippen LogP contribution in [0.25, 0.3) is 5.70 Å². The van der Waals surface area contributed by atoms with E-state index in [1.807, 2.05) is 0 Å². The minimum atomic E-state index is 1.10. The fourth-order valence-corrected chi connectivity index (χ4v) is 2.76. The van der Waals surface area contributed by atoms with Crippen LogP contribution in [0.4, 0.5) is 0 Å². The van der Waals surface area contributed by atoms with E-state index in [9.17, 15) is 0 Å². The number of likely N-dealkylation sites (tertiary alicyclic amines) is 1. The summed E-state index contributed by atoms with van der Waals surface area (Å²) in [7, 11) is 0. The molecule has 0 spiro atoms. The van der Waals surface area contributed by atoms with Crippen LogP contribution in [0.5, 0.6) is 0 Å². The SMILES string of the molecule is C=C(c1ccc(C)c(CC)c1)N1CCCCCC1. The summed E-state index contributed by atoms with van der Waals surface area (Å²) in [4.78, 5) is 2.47. The Balaban J connectivity index is 2.16. The van der Waals surface area contributed by atoms with Crippen molar-refractivity contribution in [2.24, 2.45) is 0 Å². The largest absolute Gasteiger partial charge is 0.372 e. The van der Waals surface area contributed by atoms with Gasteiger partial charge in [0.15, 0.2) is 0 Å². The van der Waals surface area contributed by atoms with E-state index >= 15 is 0 Å². The molecule has 0 radical (unpaired) electrons. The Morgan fingerprint density at radius 1 is 1.17 bits per heavy atom. The fraction of sp³-hybridized carbons (Fsp3) is 0.529. The molecular formula is C17H25N. The van der Waals surface area contributed by atoms with Gasteiger partial charge in [-0.25, -0.2) is 0 Å². The molecule has 98 valence electrons. The van der Waals surface area contributed by atoms with Crippen molar-refractivity contribution >= 4 is 5.70 Å². The Bertz CT molecular complexity index is 412. The smallest absolute Gasteiger partial charge is 0.0366 e. The molecule has 1 heterocycles. The minimum Gasteiger partial charge on any atom is -0.372 e. The van der Waals surface area contributed by atoms with Gasteiger partial charge in [0.05, 0.1) is 0 Å². The highest BCUT2D eigenvalue weighted by atomic mass is 15.1. The quantitative estimate of drug-likeness (QED) is 0.760. The number of nitrogens with zero attached hydrogens (tertiary/aromatic N) is 1. The van der Waals surface area contributed by atoms with Crippen molar-refractivity contribution in [3.8, 4) is 0 Å². The zero-order valence-electron chi connectivity index (χ0n) is 11.8. The van der Waals surface area contributed by atoms with E-state index in [-0.39, 0.29) is 0 Å². The Morgan fingerprint density at radius 2 is 1.83 bits per heavy atom. The summed E-state index contributed by atoms with van der Waals surface area (Å²) >= 11 is 0. The third kappa shape index (κ3) is 2.95. The molecule has 0 atom stereocenters. The van der Waals surface area contributed by atoms with Gasteiger partial charge in [-0.05, 0) is 48.9 Å². The first-order valence-electron chi connectivity index (χ1n) is 7.26. The summed E-state index contributed by atoms with van der Waals surface area (Å²) in [6.07, 6.45) is 6.47. The lowest BCUT2D eigenvalue weighted by molar-refractivity contribution is 0.414. The van der Waals surface area contributed by atoms with Gasteiger partial charge in [-0.3, -0.25) is 0 Å². The van der Waals surface area contributed by atoms with Crippen LogP contribution < -0.4 is 0 Å². The van der Waals surface area contributed by atoms with Crippen molar-refractivity contribution in [1.29, 1.82) is 0 Å². The molecule has 0 amide bonds. The molecule has 18 heavy (non-hydrogen) atoms. The molecule has 0 saturated carbocycles. The van der Waals surface area contributed by atoms with Gasteiger partial charge in [-0.1, -0.05) is 38.5 Å². The summed E-state index contributed by atoms with van der Waals surface area (Å²) in [6.45, 7) is 11.1. The number of rotatable bonds is 3. The van der Waals surface area contributed by atoms with Gasteiger partial charge in [-0.15, -0.1) is 0 Å². The summed E-state index contributed by atoms with van der Waals surface area (Å²) in [5.74, 6) is 0. The maximum atomic E-state index is 4.32. The van der Waals surface area contributed by atoms with Crippen molar-refractivity contribution in [2.75, 3.05) is 13.1 Å². The number of aryl methyl sites for hydroxylation is 2. The Morgan fingerprint density at radius 3 is 2.44 bits per heavy atom. The maximum absolute atomic E-state index is 4.32. The van der Waals surface area contributed by atoms with E-state index in [4.69, 9.17) is 0 Å². The normalized spacial score (nSPS) is 16.4. The predicted molar refractivity (Wildman–Crippen MR) is 79.6 cm³/mol. The lowest BCUT2D eigenvalue weighted by atomic mass is 10.0. The van der Waals surface area contributed by atoms with Crippen LogP contribution >= 0.6 is 0 Å². The van der Waals surface area contributed by atoms with Gasteiger partial charge < -0.3 is 4.90 Å². The van der Waals surface area contributed by atoms with Crippen molar-refractivity contribution in [1.82, 2.24) is 4.90 Å². The van der Waals surface area contributed by atoms with Crippen molar-refractivity contribution in [3.05, 3.63) is 41.5 Å². The minimum absolute atomic E-state index is 1.10. The zero-order chi connectivity index (χ0) is 13.0. The van der Waals surface area contributed by atoms with Crippen molar-refractivity contribution in [2.45, 2.75) is 46.0 Å². The molecule has 1 saturated heterocycles. The monoisotopic (exact) mass is 243 g/mol. The van der Waals surface area contributed by atoms with E-state index in [1.165, 1.54) is 61.2 Å². The molecule has 1 aliphatic rings. The second kappa shape index (κ2) is 6.08. The maximum Gasteiger partial charge on any atom is 0.0366 e. The van der Waals surface area contributed by atoms with E-state index in [1.54, 1.807) is 0 Å². The zero-order valence-corrected chi connectivity index (χ0v) is 11.8. The van der Waals surface area contributed by atoms with Gasteiger partial charge in [0, 0.05) is 18.8 Å². The second-order valence-corrected chi connectivity index (χ2v) is 5.34. The first-order chi connectivity index (χ1) is 8.72. The molecule has 0 unspecified atom stereocenters. The molecule has 0 N–H and O–H groups in total. The molecule has 1 nitrogen and oxygen atoms in total. The van der Waals surface area contributed by atoms with Crippen LogP contribution in [0.3, 0.4) is 0 Å². The summed E-state index contributed by atoms with van der Waals surface area (Å²) < 4.78 is 0. The Labute approximate surface area is 112 Å². The topological polar surface area (TPSA) is 3.24 Å². The van der Waals surface area contributed by atoms with Gasteiger partial charge in [0.25, 0.3) is 0 Å². The van der Waals surface area contributed by atoms with Crippen LogP contribution in [0, 0.1) is 6.92 Å². The van der Waals surface area contributed by atoms with E-state index in [0.29, 0.717) is 0 Å². The number of benzene rings is 1. The second-order valence-electron chi connectivity index (χ2n) is 5.34. The summed E-state index contributed by atoms with van der Waals surface area (Å²) in [6, 6.07) is 6.78. The van der Waals surface area contributed by atoms with Gasteiger partial charge in [-0.2, -0.15) is 0 Å². The lowest BCUT2D eigenvalue weighted by Gasteiger charge is -2.25. The fourth-order valence-electron chi connectivity index (χ4n) is 2.76. The first-order valence-corrected chi connectivity index (χ1v) is 7.26. The van der Waals surface area contributed by atoms with E-state index in [2.05, 4.69) is 43.5 Å². The molecule has 2 rings (SSSR count). The lowest BCUT2D eigenvalue weighted by Crippen LogP contribution is -2.22. The van der Waals surface area contributed by atoms with E-state index in [0.717, 1.165) is 6.42 Å². The molecule has 1 aromatic rings. The highest BCUT2D eigenvalue weighted by molar-refractivity contribution is 5.63. The van der Waals surface area contributed by atoms with Gasteiger partial charge in [0.1, 0.15) is 0 Å². The van der Waals surface area contributed by atoms with E-state index < -0.39 is 0 Å². The molecular weight excluding hydrogens is 218 g/mol. The molecule has 1 fully saturated rings. The Hall–Kier alpha value is -1.24. The predicted octanol–water partition coefficient (Wildman–Crippen LogP) is 4.40. The van der Waals surface area contributed by atoms with Crippen LogP contribution in [0.1, 0.15) is 49.3 Å². The standard InChI is InChI=1S/C17H25N/c1-4-16-13-17(10-9-14(16)2)15(3)18-11-7-5-6-8-12-18/h9-10,13H,3-8,11-12H2,1-2H3.